The minimum atomic E-state index is -0.305. The van der Waals surface area contributed by atoms with Crippen molar-refractivity contribution in [1.82, 2.24) is 0 Å². The molecular weight excluding hydrogens is 308 g/mol. The van der Waals surface area contributed by atoms with Crippen molar-refractivity contribution in [2.45, 2.75) is 31.6 Å². The topological polar surface area (TPSA) is 55.1 Å². The average molecular weight is 331 g/mol. The highest BCUT2D eigenvalue weighted by Gasteiger charge is 2.21. The third-order valence-electron chi connectivity index (χ3n) is 4.41. The molecule has 1 atom stereocenters. The van der Waals surface area contributed by atoms with E-state index in [9.17, 15) is 4.79 Å². The first-order valence-electron chi connectivity index (χ1n) is 7.96. The van der Waals surface area contributed by atoms with E-state index in [1.165, 1.54) is 24.0 Å². The summed E-state index contributed by atoms with van der Waals surface area (Å²) in [7, 11) is 0. The number of carbonyl (C=O) groups is 1. The van der Waals surface area contributed by atoms with Crippen LogP contribution in [0.15, 0.2) is 48.5 Å². The lowest BCUT2D eigenvalue weighted by molar-refractivity contribution is -0.117. The van der Waals surface area contributed by atoms with E-state index in [1.807, 2.05) is 42.5 Å². The lowest BCUT2D eigenvalue weighted by Crippen LogP contribution is -2.28. The normalized spacial score (nSPS) is 14.3. The molecule has 2 aromatic rings. The number of halogens is 1. The molecule has 0 aromatic heterocycles. The number of hydrogen-bond donors (Lipinski definition) is 2. The Kier molecular flexibility index (Phi) is 6.20. The van der Waals surface area contributed by atoms with E-state index in [4.69, 9.17) is 5.73 Å². The maximum atomic E-state index is 12.6. The van der Waals surface area contributed by atoms with Gasteiger partial charge in [0.15, 0.2) is 0 Å². The van der Waals surface area contributed by atoms with Crippen LogP contribution in [0.5, 0.6) is 0 Å². The molecule has 0 heterocycles. The zero-order chi connectivity index (χ0) is 15.4. The van der Waals surface area contributed by atoms with Crippen LogP contribution in [-0.4, -0.2) is 12.5 Å². The van der Waals surface area contributed by atoms with Crippen LogP contribution in [0, 0.1) is 0 Å². The zero-order valence-corrected chi connectivity index (χ0v) is 13.9. The zero-order valence-electron chi connectivity index (χ0n) is 13.1. The Morgan fingerprint density at radius 1 is 1.04 bits per heavy atom. The maximum Gasteiger partial charge on any atom is 0.233 e. The summed E-state index contributed by atoms with van der Waals surface area (Å²) in [5, 5.41) is 3.10. The second kappa shape index (κ2) is 8.14. The van der Waals surface area contributed by atoms with E-state index < -0.39 is 0 Å². The molecule has 23 heavy (non-hydrogen) atoms. The maximum absolute atomic E-state index is 12.6. The van der Waals surface area contributed by atoms with Gasteiger partial charge in [-0.3, -0.25) is 4.79 Å². The van der Waals surface area contributed by atoms with E-state index >= 15 is 0 Å². The van der Waals surface area contributed by atoms with Crippen molar-refractivity contribution < 1.29 is 4.79 Å². The number of rotatable bonds is 4. The van der Waals surface area contributed by atoms with Crippen molar-refractivity contribution in [2.75, 3.05) is 11.9 Å². The summed E-state index contributed by atoms with van der Waals surface area (Å²) in [6.07, 6.45) is 4.58. The van der Waals surface area contributed by atoms with Crippen molar-refractivity contribution in [1.29, 1.82) is 0 Å². The highest BCUT2D eigenvalue weighted by molar-refractivity contribution is 5.96. The Balaban J connectivity index is 0.00000192. The van der Waals surface area contributed by atoms with E-state index in [0.717, 1.165) is 24.1 Å². The number of aryl methyl sites for hydroxylation is 1. The van der Waals surface area contributed by atoms with E-state index in [0.29, 0.717) is 6.54 Å². The fraction of sp³-hybridized carbons (Fsp3) is 0.316. The van der Waals surface area contributed by atoms with Gasteiger partial charge in [0, 0.05) is 12.2 Å². The standard InChI is InChI=1S/C19H22N2O.ClH/c20-13-17(15-7-2-1-3-8-15)19(22)21-18-12-6-10-14-9-4-5-11-16(14)18;/h1-3,6-8,10,12,17H,4-5,9,11,13,20H2,(H,21,22);1H. The molecule has 3 nitrogen and oxygen atoms in total. The summed E-state index contributed by atoms with van der Waals surface area (Å²) in [5.74, 6) is -0.326. The fourth-order valence-electron chi connectivity index (χ4n) is 3.20. The first-order valence-corrected chi connectivity index (χ1v) is 7.96. The molecule has 1 amide bonds. The van der Waals surface area contributed by atoms with E-state index in [2.05, 4.69) is 11.4 Å². The molecule has 4 heteroatoms. The minimum Gasteiger partial charge on any atom is -0.329 e. The van der Waals surface area contributed by atoms with Gasteiger partial charge in [0.25, 0.3) is 0 Å². The molecule has 0 aliphatic heterocycles. The van der Waals surface area contributed by atoms with Crippen LogP contribution < -0.4 is 11.1 Å². The molecule has 3 N–H and O–H groups in total. The monoisotopic (exact) mass is 330 g/mol. The first-order chi connectivity index (χ1) is 10.8. The van der Waals surface area contributed by atoms with Gasteiger partial charge in [-0.15, -0.1) is 12.4 Å². The molecule has 1 unspecified atom stereocenters. The van der Waals surface area contributed by atoms with Crippen molar-refractivity contribution >= 4 is 24.0 Å². The van der Waals surface area contributed by atoms with Gasteiger partial charge in [-0.2, -0.15) is 0 Å². The van der Waals surface area contributed by atoms with Crippen LogP contribution in [0.1, 0.15) is 35.4 Å². The van der Waals surface area contributed by atoms with Crippen LogP contribution in [0.4, 0.5) is 5.69 Å². The first kappa shape index (κ1) is 17.5. The largest absolute Gasteiger partial charge is 0.329 e. The third-order valence-corrected chi connectivity index (χ3v) is 4.41. The molecule has 122 valence electrons. The Labute approximate surface area is 143 Å². The van der Waals surface area contributed by atoms with Gasteiger partial charge in [-0.05, 0) is 48.4 Å². The number of benzene rings is 2. The number of hydrogen-bond acceptors (Lipinski definition) is 2. The van der Waals surface area contributed by atoms with Crippen molar-refractivity contribution in [3.63, 3.8) is 0 Å². The van der Waals surface area contributed by atoms with Crippen LogP contribution in [0.3, 0.4) is 0 Å². The average Bonchev–Trinajstić information content (AvgIpc) is 2.57. The number of anilines is 1. The molecule has 0 fully saturated rings. The van der Waals surface area contributed by atoms with Crippen LogP contribution in [-0.2, 0) is 17.6 Å². The summed E-state index contributed by atoms with van der Waals surface area (Å²) in [6, 6.07) is 15.9. The van der Waals surface area contributed by atoms with E-state index in [1.54, 1.807) is 0 Å². The SMILES string of the molecule is Cl.NCC(C(=O)Nc1cccc2c1CCCC2)c1ccccc1. The number of nitrogens with one attached hydrogen (secondary N) is 1. The van der Waals surface area contributed by atoms with Gasteiger partial charge in [-0.1, -0.05) is 42.5 Å². The van der Waals surface area contributed by atoms with Crippen molar-refractivity contribution in [2.24, 2.45) is 5.73 Å². The number of nitrogens with two attached hydrogens (primary N) is 1. The lowest BCUT2D eigenvalue weighted by atomic mass is 9.90. The molecule has 1 aliphatic rings. The highest BCUT2D eigenvalue weighted by atomic mass is 35.5. The fourth-order valence-corrected chi connectivity index (χ4v) is 3.20. The van der Waals surface area contributed by atoms with Crippen LogP contribution in [0.2, 0.25) is 0 Å². The second-order valence-corrected chi connectivity index (χ2v) is 5.84. The molecule has 1 aliphatic carbocycles. The van der Waals surface area contributed by atoms with Crippen LogP contribution in [0.25, 0.3) is 0 Å². The Morgan fingerprint density at radius 3 is 2.52 bits per heavy atom. The molecule has 0 saturated carbocycles. The second-order valence-electron chi connectivity index (χ2n) is 5.84. The minimum absolute atomic E-state index is 0. The molecule has 3 rings (SSSR count). The summed E-state index contributed by atoms with van der Waals surface area (Å²) in [5.41, 5.74) is 10.4. The number of carbonyl (C=O) groups excluding carboxylic acids is 1. The Bertz CT molecular complexity index is 658. The molecule has 0 bridgehead atoms. The Morgan fingerprint density at radius 2 is 1.78 bits per heavy atom. The van der Waals surface area contributed by atoms with Gasteiger partial charge >= 0.3 is 0 Å². The van der Waals surface area contributed by atoms with Crippen molar-refractivity contribution in [3.8, 4) is 0 Å². The van der Waals surface area contributed by atoms with Crippen molar-refractivity contribution in [3.05, 3.63) is 65.2 Å². The molecule has 2 aromatic carbocycles. The predicted molar refractivity (Wildman–Crippen MR) is 97.2 cm³/mol. The number of fused-ring (bicyclic) bond motifs is 1. The van der Waals surface area contributed by atoms with Gasteiger partial charge in [0.05, 0.1) is 5.92 Å². The summed E-state index contributed by atoms with van der Waals surface area (Å²) in [6.45, 7) is 0.310. The molecular formula is C19H23ClN2O. The molecule has 0 saturated heterocycles. The highest BCUT2D eigenvalue weighted by Crippen LogP contribution is 2.28. The summed E-state index contributed by atoms with van der Waals surface area (Å²) in [4.78, 5) is 12.6. The van der Waals surface area contributed by atoms with Gasteiger partial charge in [0.2, 0.25) is 5.91 Å². The predicted octanol–water partition coefficient (Wildman–Crippen LogP) is 3.67. The summed E-state index contributed by atoms with van der Waals surface area (Å²) < 4.78 is 0. The molecule has 0 spiro atoms. The summed E-state index contributed by atoms with van der Waals surface area (Å²) >= 11 is 0. The lowest BCUT2D eigenvalue weighted by Gasteiger charge is -2.21. The molecule has 0 radical (unpaired) electrons. The Hall–Kier alpha value is -1.84. The number of amides is 1. The smallest absolute Gasteiger partial charge is 0.233 e. The van der Waals surface area contributed by atoms with Gasteiger partial charge in [-0.25, -0.2) is 0 Å². The van der Waals surface area contributed by atoms with E-state index in [-0.39, 0.29) is 24.2 Å². The van der Waals surface area contributed by atoms with Gasteiger partial charge in [0.1, 0.15) is 0 Å². The van der Waals surface area contributed by atoms with Crippen LogP contribution >= 0.6 is 12.4 Å². The third kappa shape index (κ3) is 3.92. The quantitative estimate of drug-likeness (QED) is 0.898. The van der Waals surface area contributed by atoms with Gasteiger partial charge < -0.3 is 11.1 Å².